The zero-order valence-corrected chi connectivity index (χ0v) is 9.32. The van der Waals surface area contributed by atoms with Crippen molar-refractivity contribution in [1.29, 1.82) is 0 Å². The second kappa shape index (κ2) is 6.19. The van der Waals surface area contributed by atoms with Gasteiger partial charge in [-0.05, 0) is 18.1 Å². The number of anilines is 1. The van der Waals surface area contributed by atoms with Crippen LogP contribution in [0.2, 0.25) is 0 Å². The molecule has 0 amide bonds. The minimum absolute atomic E-state index is 0.544. The van der Waals surface area contributed by atoms with Gasteiger partial charge in [-0.2, -0.15) is 0 Å². The molecule has 0 fully saturated rings. The third-order valence-electron chi connectivity index (χ3n) is 2.21. The lowest BCUT2D eigenvalue weighted by Gasteiger charge is -2.21. The molecule has 0 aliphatic rings. The molecule has 2 N–H and O–H groups in total. The average molecular weight is 205 g/mol. The topological polar surface area (TPSA) is 42.1 Å². The monoisotopic (exact) mass is 205 g/mol. The molecule has 1 aromatic rings. The summed E-state index contributed by atoms with van der Waals surface area (Å²) >= 11 is 0. The number of nitrogens with zero attached hydrogens (tertiary/aromatic N) is 2. The van der Waals surface area contributed by atoms with Crippen LogP contribution in [-0.2, 0) is 6.54 Å². The van der Waals surface area contributed by atoms with Crippen LogP contribution in [-0.4, -0.2) is 18.1 Å². The van der Waals surface area contributed by atoms with E-state index in [1.165, 1.54) is 0 Å². The van der Waals surface area contributed by atoms with Gasteiger partial charge in [0, 0.05) is 25.8 Å². The molecule has 82 valence electrons. The Hall–Kier alpha value is -1.35. The van der Waals surface area contributed by atoms with Crippen LogP contribution in [0.25, 0.3) is 0 Å². The van der Waals surface area contributed by atoms with Crippen LogP contribution in [0.4, 0.5) is 5.82 Å². The summed E-state index contributed by atoms with van der Waals surface area (Å²) in [6, 6.07) is 4.04. The van der Waals surface area contributed by atoms with Gasteiger partial charge in [0.05, 0.1) is 0 Å². The highest BCUT2D eigenvalue weighted by Gasteiger charge is 2.04. The lowest BCUT2D eigenvalue weighted by atomic mass is 10.2. The minimum Gasteiger partial charge on any atom is -0.353 e. The van der Waals surface area contributed by atoms with Crippen molar-refractivity contribution in [3.05, 3.63) is 36.5 Å². The van der Waals surface area contributed by atoms with E-state index in [0.717, 1.165) is 30.9 Å². The van der Waals surface area contributed by atoms with Gasteiger partial charge in [-0.3, -0.25) is 0 Å². The van der Waals surface area contributed by atoms with Crippen molar-refractivity contribution in [1.82, 2.24) is 4.98 Å². The molecule has 1 rings (SSSR count). The summed E-state index contributed by atoms with van der Waals surface area (Å²) in [6.45, 7) is 8.29. The first-order valence-electron chi connectivity index (χ1n) is 5.32. The third kappa shape index (κ3) is 3.36. The van der Waals surface area contributed by atoms with Gasteiger partial charge in [0.15, 0.2) is 0 Å². The molecule has 3 nitrogen and oxygen atoms in total. The van der Waals surface area contributed by atoms with Gasteiger partial charge in [0.1, 0.15) is 5.82 Å². The van der Waals surface area contributed by atoms with E-state index in [2.05, 4.69) is 23.4 Å². The largest absolute Gasteiger partial charge is 0.353 e. The summed E-state index contributed by atoms with van der Waals surface area (Å²) in [4.78, 5) is 6.59. The van der Waals surface area contributed by atoms with Crippen molar-refractivity contribution in [3.63, 3.8) is 0 Å². The second-order valence-corrected chi connectivity index (χ2v) is 3.46. The Bertz CT molecular complexity index is 292. The molecule has 0 aromatic carbocycles. The van der Waals surface area contributed by atoms with E-state index < -0.39 is 0 Å². The van der Waals surface area contributed by atoms with Crippen molar-refractivity contribution >= 4 is 5.82 Å². The fourth-order valence-corrected chi connectivity index (χ4v) is 1.45. The zero-order valence-electron chi connectivity index (χ0n) is 9.32. The highest BCUT2D eigenvalue weighted by Crippen LogP contribution is 2.11. The molecule has 1 aromatic heterocycles. The molecule has 0 radical (unpaired) electrons. The van der Waals surface area contributed by atoms with Crippen LogP contribution in [0, 0.1) is 0 Å². The Morgan fingerprint density at radius 2 is 2.33 bits per heavy atom. The summed E-state index contributed by atoms with van der Waals surface area (Å²) < 4.78 is 0. The Morgan fingerprint density at radius 3 is 2.80 bits per heavy atom. The summed E-state index contributed by atoms with van der Waals surface area (Å²) in [5.74, 6) is 0.994. The average Bonchev–Trinajstić information content (AvgIpc) is 2.29. The van der Waals surface area contributed by atoms with E-state index >= 15 is 0 Å². The first kappa shape index (κ1) is 11.7. The molecule has 0 unspecified atom stereocenters. The van der Waals surface area contributed by atoms with Crippen LogP contribution in [0.1, 0.15) is 18.9 Å². The number of hydrogen-bond acceptors (Lipinski definition) is 3. The standard InChI is InChI=1S/C12H19N3/c1-3-7-15(8-4-2)12-6-5-11(9-13)10-14-12/h3,5-6,10H,1,4,7-9,13H2,2H3. The fraction of sp³-hybridized carbons (Fsp3) is 0.417. The Labute approximate surface area is 91.6 Å². The smallest absolute Gasteiger partial charge is 0.128 e. The van der Waals surface area contributed by atoms with Crippen LogP contribution in [0.5, 0.6) is 0 Å². The maximum absolute atomic E-state index is 5.52. The molecule has 0 aliphatic carbocycles. The number of nitrogens with two attached hydrogens (primary N) is 1. The third-order valence-corrected chi connectivity index (χ3v) is 2.21. The maximum Gasteiger partial charge on any atom is 0.128 e. The predicted octanol–water partition coefficient (Wildman–Crippen LogP) is 1.94. The molecule has 0 spiro atoms. The first-order chi connectivity index (χ1) is 7.31. The summed E-state index contributed by atoms with van der Waals surface area (Å²) in [5.41, 5.74) is 6.59. The molecule has 0 saturated heterocycles. The summed E-state index contributed by atoms with van der Waals surface area (Å²) in [5, 5.41) is 0. The zero-order chi connectivity index (χ0) is 11.1. The lowest BCUT2D eigenvalue weighted by molar-refractivity contribution is 0.801. The van der Waals surface area contributed by atoms with Crippen LogP contribution in [0.15, 0.2) is 31.0 Å². The van der Waals surface area contributed by atoms with Gasteiger partial charge >= 0.3 is 0 Å². The predicted molar refractivity (Wildman–Crippen MR) is 64.8 cm³/mol. The van der Waals surface area contributed by atoms with Crippen molar-refractivity contribution in [2.75, 3.05) is 18.0 Å². The molecular weight excluding hydrogens is 186 g/mol. The van der Waals surface area contributed by atoms with Gasteiger partial charge in [0.25, 0.3) is 0 Å². The molecule has 3 heteroatoms. The van der Waals surface area contributed by atoms with Gasteiger partial charge in [-0.15, -0.1) is 6.58 Å². The highest BCUT2D eigenvalue weighted by molar-refractivity contribution is 5.39. The molecule has 0 saturated carbocycles. The van der Waals surface area contributed by atoms with Crippen molar-refractivity contribution in [2.24, 2.45) is 5.73 Å². The van der Waals surface area contributed by atoms with Crippen molar-refractivity contribution < 1.29 is 0 Å². The molecule has 15 heavy (non-hydrogen) atoms. The summed E-state index contributed by atoms with van der Waals surface area (Å²) in [7, 11) is 0. The molecule has 1 heterocycles. The Kier molecular flexibility index (Phi) is 4.84. The molecule has 0 atom stereocenters. The van der Waals surface area contributed by atoms with E-state index in [1.54, 1.807) is 0 Å². The summed E-state index contributed by atoms with van der Waals surface area (Å²) in [6.07, 6.45) is 4.84. The van der Waals surface area contributed by atoms with Gasteiger partial charge in [0.2, 0.25) is 0 Å². The van der Waals surface area contributed by atoms with Crippen LogP contribution >= 0.6 is 0 Å². The van der Waals surface area contributed by atoms with Gasteiger partial charge in [-0.1, -0.05) is 19.1 Å². The molecular formula is C12H19N3. The Balaban J connectivity index is 2.76. The van der Waals surface area contributed by atoms with E-state index in [1.807, 2.05) is 24.4 Å². The van der Waals surface area contributed by atoms with E-state index in [4.69, 9.17) is 5.73 Å². The normalized spacial score (nSPS) is 10.0. The quantitative estimate of drug-likeness (QED) is 0.722. The minimum atomic E-state index is 0.544. The number of pyridine rings is 1. The first-order valence-corrected chi connectivity index (χ1v) is 5.32. The van der Waals surface area contributed by atoms with Gasteiger partial charge < -0.3 is 10.6 Å². The maximum atomic E-state index is 5.52. The molecule has 0 bridgehead atoms. The van der Waals surface area contributed by atoms with Gasteiger partial charge in [-0.25, -0.2) is 4.98 Å². The Morgan fingerprint density at radius 1 is 1.53 bits per heavy atom. The number of hydrogen-bond donors (Lipinski definition) is 1. The SMILES string of the molecule is C=CCN(CCC)c1ccc(CN)cn1. The lowest BCUT2D eigenvalue weighted by Crippen LogP contribution is -2.24. The van der Waals surface area contributed by atoms with E-state index in [0.29, 0.717) is 6.54 Å². The second-order valence-electron chi connectivity index (χ2n) is 3.46. The molecule has 0 aliphatic heterocycles. The fourth-order valence-electron chi connectivity index (χ4n) is 1.45. The van der Waals surface area contributed by atoms with Crippen molar-refractivity contribution in [3.8, 4) is 0 Å². The van der Waals surface area contributed by atoms with E-state index in [-0.39, 0.29) is 0 Å². The number of rotatable bonds is 6. The number of aromatic nitrogens is 1. The van der Waals surface area contributed by atoms with Crippen LogP contribution < -0.4 is 10.6 Å². The van der Waals surface area contributed by atoms with Crippen LogP contribution in [0.3, 0.4) is 0 Å². The van der Waals surface area contributed by atoms with E-state index in [9.17, 15) is 0 Å². The van der Waals surface area contributed by atoms with Crippen molar-refractivity contribution in [2.45, 2.75) is 19.9 Å². The highest BCUT2D eigenvalue weighted by atomic mass is 15.2.